The summed E-state index contributed by atoms with van der Waals surface area (Å²) in [6.07, 6.45) is 22.5. The third-order valence-corrected chi connectivity index (χ3v) is 29.7. The fourth-order valence-corrected chi connectivity index (χ4v) is 23.1. The Bertz CT molecular complexity index is 4650. The number of aliphatic imine (C=N–C) groups is 2. The molecule has 9 rings (SSSR count). The van der Waals surface area contributed by atoms with Crippen molar-refractivity contribution in [2.24, 2.45) is 33.7 Å². The summed E-state index contributed by atoms with van der Waals surface area (Å²) in [6, 6.07) is 11.7. The van der Waals surface area contributed by atoms with Crippen LogP contribution in [0.5, 0.6) is 0 Å². The van der Waals surface area contributed by atoms with Crippen LogP contribution >= 0.6 is 0 Å². The quantitative estimate of drug-likeness (QED) is 0.0278. The normalized spacial score (nSPS) is 15.2. The van der Waals surface area contributed by atoms with Crippen molar-refractivity contribution in [2.75, 3.05) is 26.2 Å². The third kappa shape index (κ3) is 16.7. The van der Waals surface area contributed by atoms with Crippen LogP contribution in [0.25, 0.3) is 22.3 Å². The van der Waals surface area contributed by atoms with Gasteiger partial charge in [-0.05, 0) is 275 Å². The van der Waals surface area contributed by atoms with Crippen molar-refractivity contribution in [3.8, 4) is 0 Å². The van der Waals surface area contributed by atoms with E-state index in [1.54, 1.807) is 0 Å². The minimum atomic E-state index is -4.10. The molecule has 5 aromatic rings. The molecule has 3 aliphatic heterocycles. The van der Waals surface area contributed by atoms with Crippen LogP contribution in [0.3, 0.4) is 0 Å². The summed E-state index contributed by atoms with van der Waals surface area (Å²) in [7, 11) is -16.4. The monoisotopic (exact) mass is 1490 g/mol. The highest BCUT2D eigenvalue weighted by molar-refractivity contribution is 7.90. The largest absolute Gasteiger partial charge is 0.354 e. The molecule has 1 aliphatic carbocycles. The highest BCUT2D eigenvalue weighted by Crippen LogP contribution is 2.47. The molecule has 0 unspecified atom stereocenters. The average molecular weight is 1490 g/mol. The number of nitrogens with zero attached hydrogens (tertiary/aromatic N) is 2. The molecule has 0 saturated heterocycles. The number of fused-ring (bicyclic) bond motifs is 6. The standard InChI is InChI=1S/C85H115N7O8S4/c1-21-62(22-2)37-41-86-101(93,94)82-54(13)45-50(9)74(58(82)17)78-66-29-30-67(49-66)79(75-51(10)46-55(14)83(59(75)18)102(95,96)87-42-38-63(23-3)24-4)69-32-34-71(91-69)81(77-53(12)48-57(16)85(61(77)20)104(99,100)89-44-40-65(27-7)28-8)73-36-35-72(92-73)80(70-33-31-68(78)90-70)76-52(11)47-56(15)84(60(76)19)103(97,98)88-43-39-64(25-5)26-6/h29-36,45-48,62-65,86-89,92H,21-28,37-44,49H2,1-20H3. The van der Waals surface area contributed by atoms with Crippen molar-refractivity contribution in [1.29, 1.82) is 0 Å². The zero-order valence-electron chi connectivity index (χ0n) is 65.6. The maximum absolute atomic E-state index is 15.0. The summed E-state index contributed by atoms with van der Waals surface area (Å²) in [4.78, 5) is 16.1. The van der Waals surface area contributed by atoms with Gasteiger partial charge in [0.2, 0.25) is 40.1 Å². The van der Waals surface area contributed by atoms with Gasteiger partial charge in [0.25, 0.3) is 0 Å². The molecular weight excluding hydrogens is 1380 g/mol. The minimum Gasteiger partial charge on any atom is -0.354 e. The molecular formula is C85H115N7O8S4. The Morgan fingerprint density at radius 3 is 0.817 bits per heavy atom. The molecule has 4 aromatic carbocycles. The average Bonchev–Trinajstić information content (AvgIpc) is 1.43. The summed E-state index contributed by atoms with van der Waals surface area (Å²) >= 11 is 0. The van der Waals surface area contributed by atoms with Gasteiger partial charge < -0.3 is 4.98 Å². The molecule has 104 heavy (non-hydrogen) atoms. The molecule has 15 nitrogen and oxygen atoms in total. The number of nitrogens with one attached hydrogen (secondary N) is 5. The van der Waals surface area contributed by atoms with E-state index in [0.717, 1.165) is 84.8 Å². The van der Waals surface area contributed by atoms with E-state index in [1.165, 1.54) is 0 Å². The number of aromatic amines is 1. The second-order valence-electron chi connectivity index (χ2n) is 29.6. The van der Waals surface area contributed by atoms with Gasteiger partial charge >= 0.3 is 0 Å². The van der Waals surface area contributed by atoms with Gasteiger partial charge in [0.1, 0.15) is 0 Å². The lowest BCUT2D eigenvalue weighted by Crippen LogP contribution is -2.28. The number of sulfonamides is 4. The Morgan fingerprint density at radius 2 is 0.577 bits per heavy atom. The van der Waals surface area contributed by atoms with Crippen LogP contribution in [0.4, 0.5) is 0 Å². The highest BCUT2D eigenvalue weighted by atomic mass is 32.2. The topological polar surface area (TPSA) is 225 Å². The summed E-state index contributed by atoms with van der Waals surface area (Å²) in [5.74, 6) is 1.43. The van der Waals surface area contributed by atoms with E-state index in [0.29, 0.717) is 173 Å². The van der Waals surface area contributed by atoms with Crippen molar-refractivity contribution in [2.45, 2.75) is 242 Å². The maximum atomic E-state index is 15.0. The fraction of sp³-hybridized carbons (Fsp3) is 0.482. The smallest absolute Gasteiger partial charge is 0.241 e. The summed E-state index contributed by atoms with van der Waals surface area (Å²) in [5.41, 5.74) is 18.0. The SMILES string of the molecule is CCC(CC)CCNS(=O)(=O)c1c(C)cc(C)c(C2=C3C=CC(=C(c4c(C)cc(C)c(S(=O)(=O)NCCC(CC)CC)c4C)C4=NC(=C(c5c(C)cc(C)c(S(=O)(=O)NCCC(CC)CC)c5C)c5ccc([nH]5)C(c5c(C)cc(C)c(S(=O)(=O)NCCC(CC)CC)c5C)=C5C=CC2=N5)C=C4)C3)c1C. The van der Waals surface area contributed by atoms with E-state index in [1.807, 2.05) is 144 Å². The lowest BCUT2D eigenvalue weighted by Gasteiger charge is -2.23. The van der Waals surface area contributed by atoms with Gasteiger partial charge in [-0.2, -0.15) is 0 Å². The fourth-order valence-electron chi connectivity index (χ4n) is 17.1. The van der Waals surface area contributed by atoms with Crippen LogP contribution in [-0.2, 0) is 40.1 Å². The van der Waals surface area contributed by atoms with Gasteiger partial charge in [0, 0.05) is 59.9 Å². The predicted molar refractivity (Wildman–Crippen MR) is 432 cm³/mol. The Hall–Kier alpha value is -6.68. The van der Waals surface area contributed by atoms with E-state index in [2.05, 4.69) is 91.4 Å². The molecule has 1 aromatic heterocycles. The van der Waals surface area contributed by atoms with Crippen LogP contribution in [-0.4, -0.2) is 76.3 Å². The first-order chi connectivity index (χ1) is 49.2. The Labute approximate surface area is 624 Å². The van der Waals surface area contributed by atoms with E-state index in [4.69, 9.17) is 9.98 Å². The van der Waals surface area contributed by atoms with E-state index >= 15 is 33.7 Å². The number of allylic oxidation sites excluding steroid dienone is 10. The van der Waals surface area contributed by atoms with Gasteiger partial charge in [0.05, 0.1) is 42.4 Å². The van der Waals surface area contributed by atoms with Gasteiger partial charge in [-0.25, -0.2) is 62.5 Å². The second kappa shape index (κ2) is 33.6. The van der Waals surface area contributed by atoms with E-state index in [9.17, 15) is 0 Å². The molecule has 0 fully saturated rings. The zero-order chi connectivity index (χ0) is 76.2. The molecule has 0 spiro atoms. The lowest BCUT2D eigenvalue weighted by molar-refractivity contribution is 0.453. The summed E-state index contributed by atoms with van der Waals surface area (Å²) < 4.78 is 132. The lowest BCUT2D eigenvalue weighted by atomic mass is 9.85. The minimum absolute atomic E-state index is 0.175. The molecule has 0 radical (unpaired) electrons. The molecule has 5 N–H and O–H groups in total. The molecule has 4 aliphatic rings. The Balaban J connectivity index is 1.43. The Morgan fingerprint density at radius 1 is 0.337 bits per heavy atom. The van der Waals surface area contributed by atoms with Crippen LogP contribution in [0, 0.1) is 107 Å². The van der Waals surface area contributed by atoms with E-state index < -0.39 is 40.1 Å². The van der Waals surface area contributed by atoms with Gasteiger partial charge in [-0.15, -0.1) is 0 Å². The number of hydrogen-bond donors (Lipinski definition) is 5. The number of rotatable bonds is 32. The summed E-state index contributed by atoms with van der Waals surface area (Å²) in [5, 5.41) is 0. The molecule has 8 bridgehead atoms. The highest BCUT2D eigenvalue weighted by Gasteiger charge is 2.36. The van der Waals surface area contributed by atoms with Crippen molar-refractivity contribution >= 4 is 73.8 Å². The van der Waals surface area contributed by atoms with Crippen LogP contribution in [0.2, 0.25) is 0 Å². The van der Waals surface area contributed by atoms with Crippen molar-refractivity contribution in [1.82, 2.24) is 23.9 Å². The van der Waals surface area contributed by atoms with Crippen molar-refractivity contribution < 1.29 is 33.7 Å². The summed E-state index contributed by atoms with van der Waals surface area (Å²) in [6.45, 7) is 41.0. The van der Waals surface area contributed by atoms with Crippen molar-refractivity contribution in [3.63, 3.8) is 0 Å². The number of aromatic nitrogens is 1. The van der Waals surface area contributed by atoms with Gasteiger partial charge in [0.15, 0.2) is 0 Å². The molecule has 0 saturated carbocycles. The molecule has 19 heteroatoms. The predicted octanol–water partition coefficient (Wildman–Crippen LogP) is 18.6. The van der Waals surface area contributed by atoms with Gasteiger partial charge in [-0.1, -0.05) is 143 Å². The number of hydrogen-bond acceptors (Lipinski definition) is 10. The maximum Gasteiger partial charge on any atom is 0.241 e. The first kappa shape index (κ1) is 81.4. The molecule has 0 amide bonds. The van der Waals surface area contributed by atoms with Crippen LogP contribution < -0.4 is 18.9 Å². The molecule has 0 atom stereocenters. The third-order valence-electron chi connectivity index (χ3n) is 22.7. The Kier molecular flexibility index (Phi) is 26.3. The number of aryl methyl sites for hydroxylation is 8. The first-order valence-electron chi connectivity index (χ1n) is 38.0. The van der Waals surface area contributed by atoms with E-state index in [-0.39, 0.29) is 52.2 Å². The van der Waals surface area contributed by atoms with Gasteiger partial charge in [-0.3, -0.25) is 0 Å². The molecule has 4 heterocycles. The number of H-pyrrole nitrogens is 1. The first-order valence-corrected chi connectivity index (χ1v) is 43.9. The van der Waals surface area contributed by atoms with Crippen LogP contribution in [0.15, 0.2) is 125 Å². The zero-order valence-corrected chi connectivity index (χ0v) is 68.8. The number of benzene rings is 4. The molecule has 562 valence electrons. The van der Waals surface area contributed by atoms with Crippen molar-refractivity contribution in [3.05, 3.63) is 196 Å². The van der Waals surface area contributed by atoms with Crippen LogP contribution in [0.1, 0.15) is 239 Å². The second-order valence-corrected chi connectivity index (χ2v) is 36.4.